The fourth-order valence-corrected chi connectivity index (χ4v) is 1.99. The molecule has 14 heavy (non-hydrogen) atoms. The predicted molar refractivity (Wildman–Crippen MR) is 54.7 cm³/mol. The van der Waals surface area contributed by atoms with Crippen LogP contribution in [-0.2, 0) is 9.53 Å². The Balaban J connectivity index is 3.11. The van der Waals surface area contributed by atoms with Gasteiger partial charge in [0.2, 0.25) is 0 Å². The molecule has 0 aromatic heterocycles. The lowest BCUT2D eigenvalue weighted by Gasteiger charge is -2.10. The molecule has 76 valence electrons. The molecule has 0 spiro atoms. The van der Waals surface area contributed by atoms with Gasteiger partial charge < -0.3 is 4.74 Å². The van der Waals surface area contributed by atoms with Gasteiger partial charge in [-0.25, -0.2) is 4.39 Å². The summed E-state index contributed by atoms with van der Waals surface area (Å²) >= 11 is 8.84. The fraction of sp³-hybridized carbons (Fsp3) is 0.222. The van der Waals surface area contributed by atoms with Gasteiger partial charge in [0.1, 0.15) is 5.82 Å². The highest BCUT2D eigenvalue weighted by Gasteiger charge is 2.23. The van der Waals surface area contributed by atoms with Crippen molar-refractivity contribution >= 4 is 33.5 Å². The summed E-state index contributed by atoms with van der Waals surface area (Å²) in [6, 6.07) is 4.36. The Morgan fingerprint density at radius 3 is 2.79 bits per heavy atom. The van der Waals surface area contributed by atoms with E-state index in [2.05, 4.69) is 20.7 Å². The van der Waals surface area contributed by atoms with Crippen LogP contribution in [0.15, 0.2) is 22.7 Å². The Morgan fingerprint density at radius 1 is 1.64 bits per heavy atom. The van der Waals surface area contributed by atoms with E-state index in [1.807, 2.05) is 0 Å². The standard InChI is InChI=1S/C9H7BrClFO2/c1-14-9(13)8(11)7-5(10)3-2-4-6(7)12/h2-4,8H,1H3. The minimum Gasteiger partial charge on any atom is -0.468 e. The molecule has 0 N–H and O–H groups in total. The van der Waals surface area contributed by atoms with Gasteiger partial charge >= 0.3 is 5.97 Å². The van der Waals surface area contributed by atoms with Crippen molar-refractivity contribution in [3.8, 4) is 0 Å². The predicted octanol–water partition coefficient (Wildman–Crippen LogP) is 3.04. The van der Waals surface area contributed by atoms with Gasteiger partial charge in [-0.2, -0.15) is 0 Å². The van der Waals surface area contributed by atoms with Crippen LogP contribution in [0.3, 0.4) is 0 Å². The van der Waals surface area contributed by atoms with Crippen LogP contribution < -0.4 is 0 Å². The number of rotatable bonds is 2. The molecule has 0 bridgehead atoms. The second-order valence-electron chi connectivity index (χ2n) is 2.52. The van der Waals surface area contributed by atoms with Crippen LogP contribution in [0.2, 0.25) is 0 Å². The molecule has 0 saturated carbocycles. The molecule has 1 aromatic carbocycles. The number of benzene rings is 1. The third-order valence-corrected chi connectivity index (χ3v) is 2.75. The molecule has 1 rings (SSSR count). The number of esters is 1. The minimum absolute atomic E-state index is 0.0982. The van der Waals surface area contributed by atoms with E-state index in [1.54, 1.807) is 6.07 Å². The molecule has 1 aromatic rings. The number of methoxy groups -OCH3 is 1. The summed E-state index contributed by atoms with van der Waals surface area (Å²) in [6.45, 7) is 0. The summed E-state index contributed by atoms with van der Waals surface area (Å²) in [5.74, 6) is -1.22. The lowest BCUT2D eigenvalue weighted by atomic mass is 10.1. The van der Waals surface area contributed by atoms with Gasteiger partial charge in [-0.3, -0.25) is 4.79 Å². The maximum absolute atomic E-state index is 13.3. The second kappa shape index (κ2) is 4.75. The van der Waals surface area contributed by atoms with E-state index in [9.17, 15) is 9.18 Å². The first-order valence-electron chi connectivity index (χ1n) is 3.73. The van der Waals surface area contributed by atoms with Gasteiger partial charge in [0.15, 0.2) is 5.38 Å². The molecule has 0 aliphatic heterocycles. The van der Waals surface area contributed by atoms with E-state index in [0.29, 0.717) is 4.47 Å². The van der Waals surface area contributed by atoms with E-state index in [-0.39, 0.29) is 5.56 Å². The molecule has 0 aliphatic carbocycles. The summed E-state index contributed by atoms with van der Waals surface area (Å²) in [6.07, 6.45) is 0. The first-order valence-corrected chi connectivity index (χ1v) is 4.96. The average molecular weight is 282 g/mol. The van der Waals surface area contributed by atoms with Crippen molar-refractivity contribution in [1.82, 2.24) is 0 Å². The summed E-state index contributed by atoms with van der Waals surface area (Å²) < 4.78 is 18.1. The zero-order valence-corrected chi connectivity index (χ0v) is 9.60. The Morgan fingerprint density at radius 2 is 2.29 bits per heavy atom. The van der Waals surface area contributed by atoms with Crippen molar-refractivity contribution in [1.29, 1.82) is 0 Å². The average Bonchev–Trinajstić information content (AvgIpc) is 2.16. The highest BCUT2D eigenvalue weighted by molar-refractivity contribution is 9.10. The number of hydrogen-bond donors (Lipinski definition) is 0. The van der Waals surface area contributed by atoms with Gasteiger partial charge in [0.25, 0.3) is 0 Å². The van der Waals surface area contributed by atoms with E-state index >= 15 is 0 Å². The zero-order chi connectivity index (χ0) is 10.7. The summed E-state index contributed by atoms with van der Waals surface area (Å²) in [5.41, 5.74) is 0.0982. The maximum atomic E-state index is 13.3. The molecule has 0 heterocycles. The number of carbonyl (C=O) groups excluding carboxylic acids is 1. The van der Waals surface area contributed by atoms with Crippen LogP contribution in [0.5, 0.6) is 0 Å². The normalized spacial score (nSPS) is 12.3. The molecule has 0 aliphatic rings. The van der Waals surface area contributed by atoms with Crippen LogP contribution in [-0.4, -0.2) is 13.1 Å². The number of alkyl halides is 1. The third kappa shape index (κ3) is 2.25. The second-order valence-corrected chi connectivity index (χ2v) is 3.81. The van der Waals surface area contributed by atoms with E-state index in [0.717, 1.165) is 0 Å². The van der Waals surface area contributed by atoms with E-state index in [1.165, 1.54) is 19.2 Å². The lowest BCUT2D eigenvalue weighted by Crippen LogP contribution is -2.10. The van der Waals surface area contributed by atoms with Gasteiger partial charge in [-0.1, -0.05) is 22.0 Å². The van der Waals surface area contributed by atoms with Crippen molar-refractivity contribution in [2.45, 2.75) is 5.38 Å². The summed E-state index contributed by atoms with van der Waals surface area (Å²) in [7, 11) is 1.20. The van der Waals surface area contributed by atoms with Gasteiger partial charge in [0, 0.05) is 10.0 Å². The molecule has 1 unspecified atom stereocenters. The van der Waals surface area contributed by atoms with E-state index in [4.69, 9.17) is 11.6 Å². The first-order chi connectivity index (χ1) is 6.57. The van der Waals surface area contributed by atoms with Gasteiger partial charge in [-0.15, -0.1) is 11.6 Å². The van der Waals surface area contributed by atoms with Crippen LogP contribution in [0.1, 0.15) is 10.9 Å². The number of carbonyl (C=O) groups is 1. The summed E-state index contributed by atoms with van der Waals surface area (Å²) in [5, 5.41) is -1.13. The molecule has 2 nitrogen and oxygen atoms in total. The van der Waals surface area contributed by atoms with Crippen molar-refractivity contribution in [2.75, 3.05) is 7.11 Å². The van der Waals surface area contributed by atoms with Crippen molar-refractivity contribution in [3.05, 3.63) is 34.1 Å². The smallest absolute Gasteiger partial charge is 0.328 e. The number of ether oxygens (including phenoxy) is 1. The highest BCUT2D eigenvalue weighted by atomic mass is 79.9. The topological polar surface area (TPSA) is 26.3 Å². The van der Waals surface area contributed by atoms with Crippen LogP contribution in [0, 0.1) is 5.82 Å². The molecule has 0 saturated heterocycles. The van der Waals surface area contributed by atoms with Crippen molar-refractivity contribution < 1.29 is 13.9 Å². The Bertz CT molecular complexity index is 336. The molecule has 0 amide bonds. The molecule has 0 radical (unpaired) electrons. The van der Waals surface area contributed by atoms with Crippen molar-refractivity contribution in [3.63, 3.8) is 0 Å². The minimum atomic E-state index is -1.13. The first kappa shape index (κ1) is 11.5. The molecule has 5 heteroatoms. The molecular formula is C9H7BrClFO2. The van der Waals surface area contributed by atoms with Crippen molar-refractivity contribution in [2.24, 2.45) is 0 Å². The zero-order valence-electron chi connectivity index (χ0n) is 7.26. The SMILES string of the molecule is COC(=O)C(Cl)c1c(F)cccc1Br. The largest absolute Gasteiger partial charge is 0.468 e. The van der Waals surface area contributed by atoms with Crippen LogP contribution >= 0.6 is 27.5 Å². The van der Waals surface area contributed by atoms with E-state index < -0.39 is 17.2 Å². The Kier molecular flexibility index (Phi) is 3.89. The fourth-order valence-electron chi connectivity index (χ4n) is 0.974. The van der Waals surface area contributed by atoms with Gasteiger partial charge in [-0.05, 0) is 12.1 Å². The molecule has 1 atom stereocenters. The quantitative estimate of drug-likeness (QED) is 0.615. The number of halogens is 3. The number of hydrogen-bond acceptors (Lipinski definition) is 2. The Labute approximate surface area is 94.1 Å². The van der Waals surface area contributed by atoms with Crippen LogP contribution in [0.25, 0.3) is 0 Å². The maximum Gasteiger partial charge on any atom is 0.328 e. The van der Waals surface area contributed by atoms with Gasteiger partial charge in [0.05, 0.1) is 7.11 Å². The molecule has 0 fully saturated rings. The third-order valence-electron chi connectivity index (χ3n) is 1.66. The summed E-state index contributed by atoms with van der Waals surface area (Å²) in [4.78, 5) is 11.1. The highest BCUT2D eigenvalue weighted by Crippen LogP contribution is 2.31. The monoisotopic (exact) mass is 280 g/mol. The molecular weight excluding hydrogens is 274 g/mol. The lowest BCUT2D eigenvalue weighted by molar-refractivity contribution is -0.140. The van der Waals surface area contributed by atoms with Crippen LogP contribution in [0.4, 0.5) is 4.39 Å². The Hall–Kier alpha value is -0.610.